The molecule has 0 bridgehead atoms. The molecular weight excluding hydrogens is 356 g/mol. The third-order valence-electron chi connectivity index (χ3n) is 5.28. The largest absolute Gasteiger partial charge is 0.121 e. The van der Waals surface area contributed by atoms with Gasteiger partial charge in [0, 0.05) is 0 Å². The van der Waals surface area contributed by atoms with Crippen LogP contribution in [0.25, 0.3) is 0 Å². The van der Waals surface area contributed by atoms with Gasteiger partial charge in [-0.15, -0.1) is 11.6 Å². The summed E-state index contributed by atoms with van der Waals surface area (Å²) in [6, 6.07) is 16.1. The van der Waals surface area contributed by atoms with Gasteiger partial charge in [-0.1, -0.05) is 102 Å². The van der Waals surface area contributed by atoms with E-state index in [-0.39, 0.29) is 4.87 Å². The van der Waals surface area contributed by atoms with Crippen molar-refractivity contribution in [3.63, 3.8) is 0 Å². The fraction of sp³-hybridized carbons (Fsp3) is 0.455. The summed E-state index contributed by atoms with van der Waals surface area (Å²) in [4.78, 5) is -0.146. The summed E-state index contributed by atoms with van der Waals surface area (Å²) in [5, 5.41) is 4.46. The van der Waals surface area contributed by atoms with Crippen molar-refractivity contribution in [2.24, 2.45) is 0 Å². The van der Waals surface area contributed by atoms with Crippen LogP contribution in [0, 0.1) is 6.92 Å². The van der Waals surface area contributed by atoms with Gasteiger partial charge in [0.25, 0.3) is 0 Å². The third-order valence-corrected chi connectivity index (χ3v) is 9.16. The molecule has 0 N–H and O–H groups in total. The molecule has 0 unspecified atom stereocenters. The molecule has 2 radical (unpaired) electrons. The fourth-order valence-electron chi connectivity index (χ4n) is 3.81. The van der Waals surface area contributed by atoms with E-state index in [0.717, 1.165) is 12.8 Å². The van der Waals surface area contributed by atoms with E-state index >= 15 is 0 Å². The molecule has 0 saturated heterocycles. The van der Waals surface area contributed by atoms with Crippen LogP contribution in [0.5, 0.6) is 0 Å². The summed E-state index contributed by atoms with van der Waals surface area (Å²) in [5.41, 5.74) is 2.77. The van der Waals surface area contributed by atoms with Crippen molar-refractivity contribution in [2.45, 2.75) is 63.5 Å². The second-order valence-corrected chi connectivity index (χ2v) is 15.7. The molecule has 1 fully saturated rings. The maximum atomic E-state index is 7.12. The van der Waals surface area contributed by atoms with Crippen molar-refractivity contribution < 1.29 is 0 Å². The summed E-state index contributed by atoms with van der Waals surface area (Å²) >= 11 is 7.12. The monoisotopic (exact) mass is 384 g/mol. The first-order valence-corrected chi connectivity index (χ1v) is 14.3. The van der Waals surface area contributed by atoms with E-state index in [0.29, 0.717) is 9.52 Å². The zero-order chi connectivity index (χ0) is 18.1. The molecule has 3 rings (SSSR count). The lowest BCUT2D eigenvalue weighted by Gasteiger charge is -2.33. The van der Waals surface area contributed by atoms with E-state index in [1.54, 1.807) is 5.19 Å². The van der Waals surface area contributed by atoms with Gasteiger partial charge in [-0.25, -0.2) is 0 Å². The van der Waals surface area contributed by atoms with Crippen LogP contribution in [-0.4, -0.2) is 17.6 Å². The van der Waals surface area contributed by atoms with Crippen molar-refractivity contribution in [1.82, 2.24) is 0 Å². The van der Waals surface area contributed by atoms with Crippen LogP contribution in [0.4, 0.5) is 0 Å². The molecule has 25 heavy (non-hydrogen) atoms. The Morgan fingerprint density at radius 3 is 2.32 bits per heavy atom. The van der Waals surface area contributed by atoms with E-state index in [1.807, 2.05) is 0 Å². The van der Waals surface area contributed by atoms with Gasteiger partial charge in [-0.05, 0) is 25.3 Å². The van der Waals surface area contributed by atoms with E-state index in [4.69, 9.17) is 11.6 Å². The first kappa shape index (κ1) is 18.9. The smallest absolute Gasteiger partial charge is 0.114 e. The average molecular weight is 385 g/mol. The van der Waals surface area contributed by atoms with Crippen LogP contribution in [0.1, 0.15) is 43.2 Å². The van der Waals surface area contributed by atoms with Crippen molar-refractivity contribution in [2.75, 3.05) is 0 Å². The number of hydrogen-bond donors (Lipinski definition) is 0. The molecule has 0 heterocycles. The molecule has 0 atom stereocenters. The SMILES string of the molecule is Cc1cc([Si]c2ccccc2C2(Cl)CCCCC2)cc([Si](C)(C)C)c1. The fourth-order valence-corrected chi connectivity index (χ4v) is 7.19. The van der Waals surface area contributed by atoms with Gasteiger partial charge >= 0.3 is 0 Å². The van der Waals surface area contributed by atoms with E-state index in [1.165, 1.54) is 40.8 Å². The zero-order valence-corrected chi connectivity index (χ0v) is 18.7. The molecular formula is C22H29ClSi2. The number of halogens is 1. The topological polar surface area (TPSA) is 0 Å². The maximum Gasteiger partial charge on any atom is 0.121 e. The number of hydrogen-bond acceptors (Lipinski definition) is 0. The van der Waals surface area contributed by atoms with Crippen molar-refractivity contribution in [1.29, 1.82) is 0 Å². The summed E-state index contributed by atoms with van der Waals surface area (Å²) in [7, 11) is -0.605. The van der Waals surface area contributed by atoms with Gasteiger partial charge in [0.05, 0.1) is 12.9 Å². The highest BCUT2D eigenvalue weighted by Gasteiger charge is 2.33. The second-order valence-electron chi connectivity index (χ2n) is 8.53. The summed E-state index contributed by atoms with van der Waals surface area (Å²) in [6.45, 7) is 9.52. The van der Waals surface area contributed by atoms with Crippen molar-refractivity contribution in [3.05, 3.63) is 53.6 Å². The third kappa shape index (κ3) is 4.47. The molecule has 132 valence electrons. The highest BCUT2D eigenvalue weighted by molar-refractivity contribution is 6.89. The number of aryl methyl sites for hydroxylation is 1. The van der Waals surface area contributed by atoms with Crippen LogP contribution in [0.3, 0.4) is 0 Å². The van der Waals surface area contributed by atoms with Gasteiger partial charge in [-0.3, -0.25) is 0 Å². The Labute approximate surface area is 161 Å². The van der Waals surface area contributed by atoms with Crippen molar-refractivity contribution in [3.8, 4) is 0 Å². The van der Waals surface area contributed by atoms with Gasteiger partial charge in [0.1, 0.15) is 9.52 Å². The molecule has 1 aliphatic carbocycles. The van der Waals surface area contributed by atoms with Crippen LogP contribution >= 0.6 is 11.6 Å². The normalized spacial score (nSPS) is 17.5. The second kappa shape index (κ2) is 7.42. The molecule has 1 aliphatic rings. The minimum Gasteiger partial charge on any atom is -0.114 e. The van der Waals surface area contributed by atoms with E-state index in [2.05, 4.69) is 69.0 Å². The van der Waals surface area contributed by atoms with Gasteiger partial charge in [0.15, 0.2) is 0 Å². The summed E-state index contributed by atoms with van der Waals surface area (Å²) in [6.07, 6.45) is 6.07. The molecule has 0 aromatic heterocycles. The van der Waals surface area contributed by atoms with Crippen LogP contribution in [0.15, 0.2) is 42.5 Å². The first-order chi connectivity index (χ1) is 11.8. The molecule has 0 spiro atoms. The first-order valence-electron chi connectivity index (χ1n) is 9.46. The Morgan fingerprint density at radius 2 is 1.64 bits per heavy atom. The van der Waals surface area contributed by atoms with Gasteiger partial charge < -0.3 is 0 Å². The van der Waals surface area contributed by atoms with Crippen LogP contribution in [0.2, 0.25) is 19.6 Å². The van der Waals surface area contributed by atoms with E-state index < -0.39 is 8.07 Å². The Hall–Kier alpha value is -0.836. The highest BCUT2D eigenvalue weighted by atomic mass is 35.5. The molecule has 1 saturated carbocycles. The number of benzene rings is 2. The van der Waals surface area contributed by atoms with Crippen molar-refractivity contribution >= 4 is 44.8 Å². The quantitative estimate of drug-likeness (QED) is 0.534. The molecule has 2 aromatic rings. The molecule has 0 amide bonds. The zero-order valence-electron chi connectivity index (χ0n) is 16.0. The van der Waals surface area contributed by atoms with Crippen LogP contribution in [-0.2, 0) is 4.87 Å². The van der Waals surface area contributed by atoms with Gasteiger partial charge in [0.2, 0.25) is 0 Å². The van der Waals surface area contributed by atoms with Crippen LogP contribution < -0.4 is 15.6 Å². The maximum absolute atomic E-state index is 7.12. The molecule has 0 aliphatic heterocycles. The number of alkyl halides is 1. The lowest BCUT2D eigenvalue weighted by molar-refractivity contribution is 0.400. The minimum atomic E-state index is -1.30. The summed E-state index contributed by atoms with van der Waals surface area (Å²) in [5.74, 6) is 0. The van der Waals surface area contributed by atoms with E-state index in [9.17, 15) is 0 Å². The Bertz CT molecular complexity index is 740. The lowest BCUT2D eigenvalue weighted by atomic mass is 9.83. The predicted octanol–water partition coefficient (Wildman–Crippen LogP) is 4.59. The summed E-state index contributed by atoms with van der Waals surface area (Å²) < 4.78 is 0. The Morgan fingerprint density at radius 1 is 0.960 bits per heavy atom. The average Bonchev–Trinajstić information content (AvgIpc) is 2.54. The Balaban J connectivity index is 1.96. The number of rotatable bonds is 4. The lowest BCUT2D eigenvalue weighted by Crippen LogP contribution is -2.42. The Kier molecular flexibility index (Phi) is 5.62. The van der Waals surface area contributed by atoms with Gasteiger partial charge in [-0.2, -0.15) is 0 Å². The standard InChI is InChI=1S/C22H29ClSi2/c1-17-14-18(16-19(15-17)25(2,3)4)24-21-11-7-6-10-20(21)22(23)12-8-5-9-13-22/h6-7,10-11,14-16H,5,8-9,12-13H2,1-4H3. The minimum absolute atomic E-state index is 0.146. The molecule has 0 nitrogen and oxygen atoms in total. The molecule has 2 aromatic carbocycles. The predicted molar refractivity (Wildman–Crippen MR) is 116 cm³/mol. The molecule has 3 heteroatoms. The highest BCUT2D eigenvalue weighted by Crippen LogP contribution is 2.42.